The van der Waals surface area contributed by atoms with Crippen LogP contribution < -0.4 is 5.32 Å². The van der Waals surface area contributed by atoms with Crippen LogP contribution in [0.1, 0.15) is 16.8 Å². The number of hydrogen-bond donors (Lipinski definition) is 1. The van der Waals surface area contributed by atoms with Crippen molar-refractivity contribution in [3.05, 3.63) is 57.6 Å². The number of rotatable bonds is 2. The van der Waals surface area contributed by atoms with Crippen LogP contribution >= 0.6 is 22.9 Å². The first-order valence-corrected chi connectivity index (χ1v) is 8.62. The fraction of sp³-hybridized carbons (Fsp3) is 0.235. The van der Waals surface area contributed by atoms with Crippen LogP contribution in [0.4, 0.5) is 0 Å². The number of nitrogens with zero attached hydrogens (tertiary/aromatic N) is 2. The summed E-state index contributed by atoms with van der Waals surface area (Å²) in [4.78, 5) is 1.22. The van der Waals surface area contributed by atoms with Gasteiger partial charge in [0.15, 0.2) is 0 Å². The highest BCUT2D eigenvalue weighted by molar-refractivity contribution is 7.13. The van der Waals surface area contributed by atoms with Crippen molar-refractivity contribution in [2.24, 2.45) is 0 Å². The Balaban J connectivity index is 1.95. The predicted molar refractivity (Wildman–Crippen MR) is 92.0 cm³/mol. The molecule has 0 unspecified atom stereocenters. The normalized spacial score (nSPS) is 14.1. The number of fused-ring (bicyclic) bond motifs is 1. The molecule has 3 heterocycles. The Kier molecular flexibility index (Phi) is 3.53. The van der Waals surface area contributed by atoms with Gasteiger partial charge in [-0.1, -0.05) is 23.7 Å². The van der Waals surface area contributed by atoms with Gasteiger partial charge in [0.05, 0.1) is 16.3 Å². The molecular formula is C17H16ClN3S. The third-order valence-electron chi connectivity index (χ3n) is 4.15. The van der Waals surface area contributed by atoms with Crippen molar-refractivity contribution in [2.75, 3.05) is 6.54 Å². The van der Waals surface area contributed by atoms with E-state index in [-0.39, 0.29) is 0 Å². The van der Waals surface area contributed by atoms with Crippen molar-refractivity contribution in [1.82, 2.24) is 15.1 Å². The van der Waals surface area contributed by atoms with Crippen LogP contribution in [0.3, 0.4) is 0 Å². The highest BCUT2D eigenvalue weighted by atomic mass is 35.5. The molecule has 0 saturated carbocycles. The van der Waals surface area contributed by atoms with Gasteiger partial charge < -0.3 is 5.32 Å². The minimum absolute atomic E-state index is 0.786. The second-order valence-corrected chi connectivity index (χ2v) is 6.83. The molecule has 1 aliphatic rings. The topological polar surface area (TPSA) is 29.9 Å². The largest absolute Gasteiger partial charge is 0.312 e. The summed E-state index contributed by atoms with van der Waals surface area (Å²) in [5.74, 6) is 0. The fourth-order valence-electron chi connectivity index (χ4n) is 2.98. The number of halogens is 1. The lowest BCUT2D eigenvalue weighted by atomic mass is 10.1. The molecule has 0 bridgehead atoms. The molecule has 22 heavy (non-hydrogen) atoms. The molecular weight excluding hydrogens is 314 g/mol. The second kappa shape index (κ2) is 5.54. The van der Waals surface area contributed by atoms with E-state index in [4.69, 9.17) is 16.7 Å². The van der Waals surface area contributed by atoms with E-state index in [0.29, 0.717) is 0 Å². The quantitative estimate of drug-likeness (QED) is 0.763. The van der Waals surface area contributed by atoms with Gasteiger partial charge in [0.1, 0.15) is 5.69 Å². The van der Waals surface area contributed by atoms with Crippen LogP contribution in [-0.2, 0) is 13.0 Å². The third kappa shape index (κ3) is 2.19. The molecule has 112 valence electrons. The zero-order valence-corrected chi connectivity index (χ0v) is 13.8. The first-order valence-electron chi connectivity index (χ1n) is 7.36. The molecule has 1 aliphatic heterocycles. The van der Waals surface area contributed by atoms with Crippen LogP contribution in [0.5, 0.6) is 0 Å². The van der Waals surface area contributed by atoms with Gasteiger partial charge in [0.2, 0.25) is 0 Å². The Hall–Kier alpha value is -1.62. The first-order chi connectivity index (χ1) is 10.8. The van der Waals surface area contributed by atoms with Crippen LogP contribution in [-0.4, -0.2) is 16.3 Å². The van der Waals surface area contributed by atoms with Crippen LogP contribution in [0, 0.1) is 6.92 Å². The Morgan fingerprint density at radius 2 is 2.18 bits per heavy atom. The minimum Gasteiger partial charge on any atom is -0.312 e. The van der Waals surface area contributed by atoms with Crippen LogP contribution in [0.25, 0.3) is 16.3 Å². The Morgan fingerprint density at radius 3 is 3.00 bits per heavy atom. The van der Waals surface area contributed by atoms with Crippen molar-refractivity contribution in [3.63, 3.8) is 0 Å². The highest BCUT2D eigenvalue weighted by Crippen LogP contribution is 2.33. The van der Waals surface area contributed by atoms with Crippen LogP contribution in [0.15, 0.2) is 35.7 Å². The van der Waals surface area contributed by atoms with E-state index in [0.717, 1.165) is 41.5 Å². The van der Waals surface area contributed by atoms with E-state index in [9.17, 15) is 0 Å². The van der Waals surface area contributed by atoms with Gasteiger partial charge in [0, 0.05) is 30.1 Å². The molecule has 5 heteroatoms. The lowest BCUT2D eigenvalue weighted by Crippen LogP contribution is -2.24. The summed E-state index contributed by atoms with van der Waals surface area (Å²) in [6.45, 7) is 3.92. The van der Waals surface area contributed by atoms with E-state index >= 15 is 0 Å². The van der Waals surface area contributed by atoms with Crippen LogP contribution in [0.2, 0.25) is 5.02 Å². The van der Waals surface area contributed by atoms with E-state index in [1.807, 2.05) is 12.1 Å². The molecule has 0 spiro atoms. The van der Waals surface area contributed by atoms with E-state index in [2.05, 4.69) is 40.5 Å². The lowest BCUT2D eigenvalue weighted by Gasteiger charge is -2.16. The van der Waals surface area contributed by atoms with E-state index in [1.54, 1.807) is 11.3 Å². The van der Waals surface area contributed by atoms with Gasteiger partial charge in [-0.05, 0) is 36.1 Å². The average Bonchev–Trinajstić information content (AvgIpc) is 3.17. The summed E-state index contributed by atoms with van der Waals surface area (Å²) in [5.41, 5.74) is 5.86. The van der Waals surface area contributed by atoms with Gasteiger partial charge in [-0.25, -0.2) is 4.68 Å². The molecule has 0 fully saturated rings. The molecule has 2 aromatic heterocycles. The standard InChI is InChI=1S/C17H16ClN3S/c1-11-13(18)4-2-5-14(11)21-15-7-8-19-10-12(15)17(20-21)16-6-3-9-22-16/h2-6,9,19H,7-8,10H2,1H3. The van der Waals surface area contributed by atoms with Gasteiger partial charge in [-0.2, -0.15) is 5.10 Å². The molecule has 1 N–H and O–H groups in total. The van der Waals surface area contributed by atoms with Gasteiger partial charge >= 0.3 is 0 Å². The number of nitrogens with one attached hydrogen (secondary N) is 1. The number of benzene rings is 1. The smallest absolute Gasteiger partial charge is 0.107 e. The van der Waals surface area contributed by atoms with E-state index < -0.39 is 0 Å². The first kappa shape index (κ1) is 14.0. The summed E-state index contributed by atoms with van der Waals surface area (Å²) < 4.78 is 2.09. The summed E-state index contributed by atoms with van der Waals surface area (Å²) in [6, 6.07) is 10.2. The minimum atomic E-state index is 0.786. The summed E-state index contributed by atoms with van der Waals surface area (Å²) in [5, 5.41) is 11.3. The molecule has 1 aromatic carbocycles. The Labute approximate surface area is 138 Å². The van der Waals surface area contributed by atoms with Crippen molar-refractivity contribution >= 4 is 22.9 Å². The highest BCUT2D eigenvalue weighted by Gasteiger charge is 2.23. The third-order valence-corrected chi connectivity index (χ3v) is 5.44. The van der Waals surface area contributed by atoms with Crippen molar-refractivity contribution in [3.8, 4) is 16.3 Å². The second-order valence-electron chi connectivity index (χ2n) is 5.47. The molecule has 0 aliphatic carbocycles. The summed E-state index contributed by atoms with van der Waals surface area (Å²) in [7, 11) is 0. The zero-order chi connectivity index (χ0) is 15.1. The van der Waals surface area contributed by atoms with Gasteiger partial charge in [-0.3, -0.25) is 0 Å². The van der Waals surface area contributed by atoms with Crippen molar-refractivity contribution in [1.29, 1.82) is 0 Å². The average molecular weight is 330 g/mol. The van der Waals surface area contributed by atoms with Gasteiger partial charge in [-0.15, -0.1) is 11.3 Å². The SMILES string of the molecule is Cc1c(Cl)cccc1-n1nc(-c2cccs2)c2c1CCNC2. The Bertz CT molecular complexity index is 821. The maximum Gasteiger partial charge on any atom is 0.107 e. The molecule has 0 atom stereocenters. The van der Waals surface area contributed by atoms with E-state index in [1.165, 1.54) is 16.1 Å². The maximum atomic E-state index is 6.30. The zero-order valence-electron chi connectivity index (χ0n) is 12.3. The van der Waals surface area contributed by atoms with Crippen molar-refractivity contribution in [2.45, 2.75) is 19.9 Å². The fourth-order valence-corrected chi connectivity index (χ4v) is 3.89. The number of hydrogen-bond acceptors (Lipinski definition) is 3. The molecule has 4 rings (SSSR count). The molecule has 3 nitrogen and oxygen atoms in total. The number of aromatic nitrogens is 2. The Morgan fingerprint density at radius 1 is 1.27 bits per heavy atom. The molecule has 3 aromatic rings. The van der Waals surface area contributed by atoms with Crippen molar-refractivity contribution < 1.29 is 0 Å². The molecule has 0 saturated heterocycles. The summed E-state index contributed by atoms with van der Waals surface area (Å²) in [6.07, 6.45) is 0.986. The summed E-state index contributed by atoms with van der Waals surface area (Å²) >= 11 is 8.04. The monoisotopic (exact) mass is 329 g/mol. The number of thiophene rings is 1. The lowest BCUT2D eigenvalue weighted by molar-refractivity contribution is 0.622. The maximum absolute atomic E-state index is 6.30. The predicted octanol–water partition coefficient (Wildman–Crippen LogP) is 4.21. The molecule has 0 radical (unpaired) electrons. The van der Waals surface area contributed by atoms with Gasteiger partial charge in [0.25, 0.3) is 0 Å². The molecule has 0 amide bonds.